The predicted molar refractivity (Wildman–Crippen MR) is 92.9 cm³/mol. The van der Waals surface area contributed by atoms with E-state index >= 15 is 0 Å². The summed E-state index contributed by atoms with van der Waals surface area (Å²) in [7, 11) is 0. The quantitative estimate of drug-likeness (QED) is 0.632. The fourth-order valence-corrected chi connectivity index (χ4v) is 2.33. The van der Waals surface area contributed by atoms with E-state index in [9.17, 15) is 5.11 Å². The van der Waals surface area contributed by atoms with Gasteiger partial charge in [0.05, 0.1) is 6.54 Å². The van der Waals surface area contributed by atoms with Crippen LogP contribution in [0.2, 0.25) is 0 Å². The van der Waals surface area contributed by atoms with E-state index in [1.54, 1.807) is 18.5 Å². The largest absolute Gasteiger partial charge is 0.491 e. The first-order valence-electron chi connectivity index (χ1n) is 7.94. The predicted octanol–water partition coefficient (Wildman–Crippen LogP) is 1.90. The molecule has 0 unspecified atom stereocenters. The van der Waals surface area contributed by atoms with Crippen molar-refractivity contribution in [3.05, 3.63) is 67.0 Å². The van der Waals surface area contributed by atoms with Crippen LogP contribution in [0.5, 0.6) is 5.75 Å². The molecule has 0 saturated carbocycles. The van der Waals surface area contributed by atoms with Crippen molar-refractivity contribution in [2.45, 2.75) is 19.1 Å². The van der Waals surface area contributed by atoms with Gasteiger partial charge < -0.3 is 9.84 Å². The van der Waals surface area contributed by atoms with Crippen LogP contribution in [0.4, 0.5) is 0 Å². The average Bonchev–Trinajstić information content (AvgIpc) is 3.10. The Bertz CT molecular complexity index is 819. The van der Waals surface area contributed by atoms with E-state index in [4.69, 9.17) is 4.74 Å². The van der Waals surface area contributed by atoms with Crippen LogP contribution >= 0.6 is 0 Å². The van der Waals surface area contributed by atoms with Gasteiger partial charge in [0.15, 0.2) is 0 Å². The molecule has 0 aliphatic heterocycles. The van der Waals surface area contributed by atoms with Crippen LogP contribution in [0.15, 0.2) is 61.4 Å². The summed E-state index contributed by atoms with van der Waals surface area (Å²) in [6, 6.07) is 11.3. The van der Waals surface area contributed by atoms with Crippen molar-refractivity contribution in [3.8, 4) is 17.1 Å². The first-order valence-corrected chi connectivity index (χ1v) is 7.94. The number of tetrazole rings is 1. The highest BCUT2D eigenvalue weighted by molar-refractivity contribution is 5.51. The molecule has 0 bridgehead atoms. The zero-order valence-electron chi connectivity index (χ0n) is 13.7. The Labute approximate surface area is 145 Å². The van der Waals surface area contributed by atoms with Crippen LogP contribution in [-0.2, 0) is 13.0 Å². The molecule has 0 aliphatic rings. The van der Waals surface area contributed by atoms with E-state index in [1.165, 1.54) is 4.80 Å². The fourth-order valence-electron chi connectivity index (χ4n) is 2.33. The van der Waals surface area contributed by atoms with Gasteiger partial charge in [0, 0.05) is 18.0 Å². The number of para-hydroxylation sites is 1. The Morgan fingerprint density at radius 1 is 1.24 bits per heavy atom. The Morgan fingerprint density at radius 3 is 2.92 bits per heavy atom. The molecule has 2 heterocycles. The van der Waals surface area contributed by atoms with Gasteiger partial charge in [-0.1, -0.05) is 24.3 Å². The van der Waals surface area contributed by atoms with Gasteiger partial charge in [-0.15, -0.1) is 16.8 Å². The first kappa shape index (κ1) is 16.8. The Balaban J connectivity index is 1.57. The maximum absolute atomic E-state index is 10.2. The van der Waals surface area contributed by atoms with Crippen molar-refractivity contribution in [1.82, 2.24) is 25.2 Å². The van der Waals surface area contributed by atoms with Crippen LogP contribution in [0.25, 0.3) is 11.4 Å². The number of benzene rings is 1. The zero-order chi connectivity index (χ0) is 17.5. The monoisotopic (exact) mass is 337 g/mol. The molecule has 1 aromatic carbocycles. The SMILES string of the molecule is C=CCc1ccccc1OC[C@H](O)Cn1nnc(-c2cccnc2)n1. The summed E-state index contributed by atoms with van der Waals surface area (Å²) in [5.74, 6) is 1.21. The van der Waals surface area contributed by atoms with Gasteiger partial charge in [0.1, 0.15) is 18.5 Å². The average molecular weight is 337 g/mol. The van der Waals surface area contributed by atoms with Crippen molar-refractivity contribution in [3.63, 3.8) is 0 Å². The summed E-state index contributed by atoms with van der Waals surface area (Å²) in [5.41, 5.74) is 1.81. The zero-order valence-corrected chi connectivity index (χ0v) is 13.7. The lowest BCUT2D eigenvalue weighted by Crippen LogP contribution is -2.25. The highest BCUT2D eigenvalue weighted by Crippen LogP contribution is 2.19. The standard InChI is InChI=1S/C18H19N5O2/c1-2-6-14-7-3-4-9-17(14)25-13-16(24)12-23-21-18(20-22-23)15-8-5-10-19-11-15/h2-5,7-11,16,24H,1,6,12-13H2/t16-/m1/s1. The summed E-state index contributed by atoms with van der Waals surface area (Å²) in [5, 5.41) is 22.4. The van der Waals surface area contributed by atoms with E-state index in [-0.39, 0.29) is 13.2 Å². The number of pyridine rings is 1. The normalized spacial score (nSPS) is 11.9. The molecule has 0 amide bonds. The lowest BCUT2D eigenvalue weighted by atomic mass is 10.1. The third-order valence-corrected chi connectivity index (χ3v) is 3.51. The lowest BCUT2D eigenvalue weighted by molar-refractivity contribution is 0.0846. The van der Waals surface area contributed by atoms with E-state index in [0.29, 0.717) is 12.2 Å². The molecule has 3 rings (SSSR count). The number of aliphatic hydroxyl groups is 1. The van der Waals surface area contributed by atoms with E-state index in [2.05, 4.69) is 27.0 Å². The molecule has 2 aromatic heterocycles. The van der Waals surface area contributed by atoms with Crippen LogP contribution in [0, 0.1) is 0 Å². The highest BCUT2D eigenvalue weighted by atomic mass is 16.5. The maximum Gasteiger partial charge on any atom is 0.206 e. The number of rotatable bonds is 8. The number of ether oxygens (including phenoxy) is 1. The van der Waals surface area contributed by atoms with Crippen molar-refractivity contribution >= 4 is 0 Å². The van der Waals surface area contributed by atoms with Crippen molar-refractivity contribution in [2.75, 3.05) is 6.61 Å². The number of aromatic nitrogens is 5. The van der Waals surface area contributed by atoms with Crippen LogP contribution in [-0.4, -0.2) is 43.0 Å². The van der Waals surface area contributed by atoms with Gasteiger partial charge in [0.2, 0.25) is 5.82 Å². The van der Waals surface area contributed by atoms with Crippen LogP contribution in [0.3, 0.4) is 0 Å². The molecule has 0 fully saturated rings. The Hall–Kier alpha value is -3.06. The molecule has 0 aliphatic carbocycles. The van der Waals surface area contributed by atoms with Gasteiger partial charge in [-0.3, -0.25) is 4.98 Å². The molecule has 1 N–H and O–H groups in total. The Morgan fingerprint density at radius 2 is 2.12 bits per heavy atom. The second-order valence-corrected chi connectivity index (χ2v) is 5.47. The first-order chi connectivity index (χ1) is 12.3. The van der Waals surface area contributed by atoms with Crippen LogP contribution in [0.1, 0.15) is 5.56 Å². The summed E-state index contributed by atoms with van der Waals surface area (Å²) >= 11 is 0. The minimum atomic E-state index is -0.757. The van der Waals surface area contributed by atoms with E-state index in [1.807, 2.05) is 36.4 Å². The van der Waals surface area contributed by atoms with Gasteiger partial charge in [-0.25, -0.2) is 0 Å². The number of aliphatic hydroxyl groups excluding tert-OH is 1. The minimum absolute atomic E-state index is 0.137. The fraction of sp³-hybridized carbons (Fsp3) is 0.222. The summed E-state index contributed by atoms with van der Waals surface area (Å²) in [4.78, 5) is 5.38. The minimum Gasteiger partial charge on any atom is -0.491 e. The smallest absolute Gasteiger partial charge is 0.206 e. The van der Waals surface area contributed by atoms with E-state index in [0.717, 1.165) is 16.9 Å². The summed E-state index contributed by atoms with van der Waals surface area (Å²) < 4.78 is 5.72. The van der Waals surface area contributed by atoms with Crippen molar-refractivity contribution in [2.24, 2.45) is 0 Å². The molecule has 0 radical (unpaired) electrons. The number of allylic oxidation sites excluding steroid dienone is 1. The second-order valence-electron chi connectivity index (χ2n) is 5.47. The van der Waals surface area contributed by atoms with E-state index < -0.39 is 6.10 Å². The molecule has 3 aromatic rings. The summed E-state index contributed by atoms with van der Waals surface area (Å²) in [6.45, 7) is 4.07. The van der Waals surface area contributed by atoms with Gasteiger partial charge in [0.25, 0.3) is 0 Å². The van der Waals surface area contributed by atoms with Gasteiger partial charge in [-0.2, -0.15) is 4.80 Å². The molecule has 7 nitrogen and oxygen atoms in total. The van der Waals surface area contributed by atoms with Crippen molar-refractivity contribution < 1.29 is 9.84 Å². The highest BCUT2D eigenvalue weighted by Gasteiger charge is 2.12. The molecule has 128 valence electrons. The third-order valence-electron chi connectivity index (χ3n) is 3.51. The van der Waals surface area contributed by atoms with Crippen molar-refractivity contribution in [1.29, 1.82) is 0 Å². The molecule has 25 heavy (non-hydrogen) atoms. The molecular weight excluding hydrogens is 318 g/mol. The number of nitrogens with zero attached hydrogens (tertiary/aromatic N) is 5. The molecule has 7 heteroatoms. The van der Waals surface area contributed by atoms with Crippen LogP contribution < -0.4 is 4.74 Å². The maximum atomic E-state index is 10.2. The Kier molecular flexibility index (Phi) is 5.48. The molecule has 0 spiro atoms. The molecule has 0 saturated heterocycles. The molecular formula is C18H19N5O2. The third kappa shape index (κ3) is 4.48. The van der Waals surface area contributed by atoms with Gasteiger partial charge in [-0.05, 0) is 35.4 Å². The number of hydrogen-bond donors (Lipinski definition) is 1. The summed E-state index contributed by atoms with van der Waals surface area (Å²) in [6.07, 6.45) is 5.12. The second kappa shape index (κ2) is 8.16. The topological polar surface area (TPSA) is 86.0 Å². The number of hydrogen-bond acceptors (Lipinski definition) is 6. The molecule has 1 atom stereocenters. The van der Waals surface area contributed by atoms with Gasteiger partial charge >= 0.3 is 0 Å². The lowest BCUT2D eigenvalue weighted by Gasteiger charge is -2.13.